The van der Waals surface area contributed by atoms with Crippen LogP contribution in [0.25, 0.3) is 11.3 Å². The summed E-state index contributed by atoms with van der Waals surface area (Å²) in [5.74, 6) is -2.09. The number of benzene rings is 2. The van der Waals surface area contributed by atoms with Crippen molar-refractivity contribution in [1.82, 2.24) is 10.2 Å². The van der Waals surface area contributed by atoms with Crippen molar-refractivity contribution in [3.63, 3.8) is 0 Å². The Morgan fingerprint density at radius 1 is 1.12 bits per heavy atom. The number of nitrogens with zero attached hydrogens (tertiary/aromatic N) is 1. The van der Waals surface area contributed by atoms with Gasteiger partial charge in [0.25, 0.3) is 0 Å². The Balaban J connectivity index is 1.88. The van der Waals surface area contributed by atoms with Gasteiger partial charge in [-0.05, 0) is 30.2 Å². The van der Waals surface area contributed by atoms with Gasteiger partial charge in [0.15, 0.2) is 11.6 Å². The lowest BCUT2D eigenvalue weighted by Gasteiger charge is -2.08. The van der Waals surface area contributed by atoms with Crippen molar-refractivity contribution in [3.05, 3.63) is 71.4 Å². The van der Waals surface area contributed by atoms with Crippen molar-refractivity contribution >= 4 is 11.6 Å². The molecule has 0 aliphatic heterocycles. The standard InChI is InChI=1S/C19H17F2N3O/c1-2-16-19(22-17(25)10-12-6-4-3-5-7-12)18(24-23-16)13-8-9-14(20)15(21)11-13/h3-9,11H,2,10H2,1H3,(H,22,25)(H,23,24). The van der Waals surface area contributed by atoms with Crippen LogP contribution in [-0.2, 0) is 17.6 Å². The Morgan fingerprint density at radius 3 is 2.56 bits per heavy atom. The summed E-state index contributed by atoms with van der Waals surface area (Å²) in [5, 5.41) is 9.85. The Morgan fingerprint density at radius 2 is 1.88 bits per heavy atom. The Bertz CT molecular complexity index is 891. The highest BCUT2D eigenvalue weighted by atomic mass is 19.2. The van der Waals surface area contributed by atoms with E-state index < -0.39 is 11.6 Å². The number of nitrogens with one attached hydrogen (secondary N) is 2. The maximum Gasteiger partial charge on any atom is 0.228 e. The van der Waals surface area contributed by atoms with E-state index >= 15 is 0 Å². The summed E-state index contributed by atoms with van der Waals surface area (Å²) in [5.41, 5.74) is 2.88. The number of carbonyl (C=O) groups is 1. The van der Waals surface area contributed by atoms with E-state index in [1.807, 2.05) is 37.3 Å². The van der Waals surface area contributed by atoms with Crippen LogP contribution in [0.15, 0.2) is 48.5 Å². The molecule has 3 rings (SSSR count). The topological polar surface area (TPSA) is 57.8 Å². The van der Waals surface area contributed by atoms with Gasteiger partial charge in [0, 0.05) is 5.56 Å². The van der Waals surface area contributed by atoms with Crippen LogP contribution in [0.4, 0.5) is 14.5 Å². The predicted molar refractivity (Wildman–Crippen MR) is 92.1 cm³/mol. The zero-order chi connectivity index (χ0) is 17.8. The molecule has 128 valence electrons. The minimum absolute atomic E-state index is 0.203. The van der Waals surface area contributed by atoms with E-state index in [9.17, 15) is 13.6 Å². The number of halogens is 2. The molecule has 6 heteroatoms. The van der Waals surface area contributed by atoms with E-state index in [2.05, 4.69) is 15.5 Å². The summed E-state index contributed by atoms with van der Waals surface area (Å²) in [6.45, 7) is 1.91. The largest absolute Gasteiger partial charge is 0.322 e. The molecule has 0 fully saturated rings. The highest BCUT2D eigenvalue weighted by Crippen LogP contribution is 2.30. The first-order valence-corrected chi connectivity index (χ1v) is 7.95. The maximum absolute atomic E-state index is 13.5. The van der Waals surface area contributed by atoms with E-state index in [4.69, 9.17) is 0 Å². The molecular weight excluding hydrogens is 324 g/mol. The lowest BCUT2D eigenvalue weighted by molar-refractivity contribution is -0.115. The molecule has 0 aliphatic carbocycles. The minimum Gasteiger partial charge on any atom is -0.322 e. The smallest absolute Gasteiger partial charge is 0.228 e. The SMILES string of the molecule is CCc1[nH]nc(-c2ccc(F)c(F)c2)c1NC(=O)Cc1ccccc1. The fourth-order valence-corrected chi connectivity index (χ4v) is 2.59. The van der Waals surface area contributed by atoms with Crippen molar-refractivity contribution < 1.29 is 13.6 Å². The Hall–Kier alpha value is -3.02. The zero-order valence-electron chi connectivity index (χ0n) is 13.6. The summed E-state index contributed by atoms with van der Waals surface area (Å²) < 4.78 is 26.7. The Labute approximate surface area is 143 Å². The molecule has 1 aromatic heterocycles. The van der Waals surface area contributed by atoms with Crippen molar-refractivity contribution in [3.8, 4) is 11.3 Å². The van der Waals surface area contributed by atoms with Crippen LogP contribution in [0.5, 0.6) is 0 Å². The molecule has 2 aromatic carbocycles. The van der Waals surface area contributed by atoms with Gasteiger partial charge >= 0.3 is 0 Å². The second-order valence-electron chi connectivity index (χ2n) is 5.62. The number of amides is 1. The van der Waals surface area contributed by atoms with E-state index in [0.717, 1.165) is 23.4 Å². The summed E-state index contributed by atoms with van der Waals surface area (Å²) in [4.78, 5) is 12.4. The van der Waals surface area contributed by atoms with Gasteiger partial charge in [-0.2, -0.15) is 5.10 Å². The van der Waals surface area contributed by atoms with Gasteiger partial charge in [-0.1, -0.05) is 37.3 Å². The van der Waals surface area contributed by atoms with Crippen LogP contribution < -0.4 is 5.32 Å². The average molecular weight is 341 g/mol. The highest BCUT2D eigenvalue weighted by Gasteiger charge is 2.17. The van der Waals surface area contributed by atoms with Gasteiger partial charge < -0.3 is 5.32 Å². The molecule has 1 amide bonds. The number of aryl methyl sites for hydroxylation is 1. The van der Waals surface area contributed by atoms with Gasteiger partial charge in [0.1, 0.15) is 5.69 Å². The number of hydrogen-bond acceptors (Lipinski definition) is 2. The zero-order valence-corrected chi connectivity index (χ0v) is 13.6. The molecule has 3 aromatic rings. The third-order valence-electron chi connectivity index (χ3n) is 3.86. The van der Waals surface area contributed by atoms with Crippen molar-refractivity contribution in [2.24, 2.45) is 0 Å². The molecule has 0 aliphatic rings. The van der Waals surface area contributed by atoms with Crippen LogP contribution in [0.3, 0.4) is 0 Å². The van der Waals surface area contributed by atoms with Crippen LogP contribution in [0.1, 0.15) is 18.2 Å². The number of H-pyrrole nitrogens is 1. The Kier molecular flexibility index (Phi) is 4.88. The third-order valence-corrected chi connectivity index (χ3v) is 3.86. The van der Waals surface area contributed by atoms with E-state index in [0.29, 0.717) is 23.4 Å². The molecule has 4 nitrogen and oxygen atoms in total. The number of aromatic amines is 1. The van der Waals surface area contributed by atoms with Crippen LogP contribution in [-0.4, -0.2) is 16.1 Å². The average Bonchev–Trinajstić information content (AvgIpc) is 3.00. The summed E-state index contributed by atoms with van der Waals surface area (Å²) in [6.07, 6.45) is 0.823. The van der Waals surface area contributed by atoms with Gasteiger partial charge in [0.2, 0.25) is 5.91 Å². The molecule has 1 heterocycles. The monoisotopic (exact) mass is 341 g/mol. The second-order valence-corrected chi connectivity index (χ2v) is 5.62. The van der Waals surface area contributed by atoms with Crippen molar-refractivity contribution in [2.45, 2.75) is 19.8 Å². The number of carbonyl (C=O) groups excluding carboxylic acids is 1. The molecule has 0 atom stereocenters. The fourth-order valence-electron chi connectivity index (χ4n) is 2.59. The van der Waals surface area contributed by atoms with E-state index in [1.165, 1.54) is 6.07 Å². The lowest BCUT2D eigenvalue weighted by atomic mass is 10.1. The molecule has 0 saturated carbocycles. The minimum atomic E-state index is -0.958. The predicted octanol–water partition coefficient (Wildman–Crippen LogP) is 4.10. The molecule has 0 saturated heterocycles. The summed E-state index contributed by atoms with van der Waals surface area (Å²) in [7, 11) is 0. The molecular formula is C19H17F2N3O. The summed E-state index contributed by atoms with van der Waals surface area (Å²) in [6, 6.07) is 12.9. The van der Waals surface area contributed by atoms with E-state index in [1.54, 1.807) is 0 Å². The molecule has 0 spiro atoms. The highest BCUT2D eigenvalue weighted by molar-refractivity contribution is 5.96. The van der Waals surface area contributed by atoms with Gasteiger partial charge in [-0.3, -0.25) is 9.89 Å². The first-order chi connectivity index (χ1) is 12.1. The maximum atomic E-state index is 13.5. The number of aromatic nitrogens is 2. The quantitative estimate of drug-likeness (QED) is 0.734. The fraction of sp³-hybridized carbons (Fsp3) is 0.158. The third kappa shape index (κ3) is 3.74. The van der Waals surface area contributed by atoms with Crippen molar-refractivity contribution in [1.29, 1.82) is 0 Å². The molecule has 25 heavy (non-hydrogen) atoms. The normalized spacial score (nSPS) is 10.7. The number of hydrogen-bond donors (Lipinski definition) is 2. The molecule has 0 radical (unpaired) electrons. The first-order valence-electron chi connectivity index (χ1n) is 7.95. The number of rotatable bonds is 5. The van der Waals surface area contributed by atoms with Gasteiger partial charge in [0.05, 0.1) is 17.8 Å². The van der Waals surface area contributed by atoms with Crippen LogP contribution >= 0.6 is 0 Å². The lowest BCUT2D eigenvalue weighted by Crippen LogP contribution is -2.15. The van der Waals surface area contributed by atoms with E-state index in [-0.39, 0.29) is 12.3 Å². The first kappa shape index (κ1) is 16.8. The molecule has 0 bridgehead atoms. The van der Waals surface area contributed by atoms with Crippen LogP contribution in [0, 0.1) is 11.6 Å². The molecule has 0 unspecified atom stereocenters. The van der Waals surface area contributed by atoms with Crippen LogP contribution in [0.2, 0.25) is 0 Å². The summed E-state index contributed by atoms with van der Waals surface area (Å²) >= 11 is 0. The van der Waals surface area contributed by atoms with Crippen molar-refractivity contribution in [2.75, 3.05) is 5.32 Å². The van der Waals surface area contributed by atoms with Gasteiger partial charge in [-0.15, -0.1) is 0 Å². The second kappa shape index (κ2) is 7.25. The number of anilines is 1. The van der Waals surface area contributed by atoms with Gasteiger partial charge in [-0.25, -0.2) is 8.78 Å². The molecule has 2 N–H and O–H groups in total.